The van der Waals surface area contributed by atoms with Crippen LogP contribution >= 0.6 is 24.8 Å². The molecule has 2 N–H and O–H groups in total. The Morgan fingerprint density at radius 3 is 2.81 bits per heavy atom. The fourth-order valence-corrected chi connectivity index (χ4v) is 3.02. The van der Waals surface area contributed by atoms with Crippen LogP contribution in [-0.2, 0) is 11.3 Å². The van der Waals surface area contributed by atoms with Gasteiger partial charge in [-0.05, 0) is 51.7 Å². The number of anilines is 1. The monoisotopic (exact) mass is 404 g/mol. The molecule has 2 heterocycles. The van der Waals surface area contributed by atoms with Gasteiger partial charge in [0.2, 0.25) is 5.91 Å². The number of halogens is 2. The highest BCUT2D eigenvalue weighted by Crippen LogP contribution is 2.19. The number of nitrogens with one attached hydrogen (secondary N) is 2. The van der Waals surface area contributed by atoms with Crippen LogP contribution in [0.25, 0.3) is 11.1 Å². The summed E-state index contributed by atoms with van der Waals surface area (Å²) in [5, 5.41) is 6.23. The Bertz CT molecular complexity index is 782. The molecule has 0 bridgehead atoms. The van der Waals surface area contributed by atoms with Gasteiger partial charge < -0.3 is 20.0 Å². The predicted octanol–water partition coefficient (Wildman–Crippen LogP) is 2.08. The maximum absolute atomic E-state index is 12.2. The molecule has 2 aromatic rings. The van der Waals surface area contributed by atoms with Crippen molar-refractivity contribution >= 4 is 47.5 Å². The van der Waals surface area contributed by atoms with Crippen molar-refractivity contribution in [1.29, 1.82) is 0 Å². The number of fused-ring (bicyclic) bond motifs is 1. The first-order chi connectivity index (χ1) is 11.5. The maximum atomic E-state index is 12.2. The summed E-state index contributed by atoms with van der Waals surface area (Å²) in [6.45, 7) is 2.26. The molecular formula is C17H26Cl2N4O3. The zero-order valence-corrected chi connectivity index (χ0v) is 16.6. The van der Waals surface area contributed by atoms with Crippen LogP contribution < -0.4 is 16.4 Å². The van der Waals surface area contributed by atoms with Gasteiger partial charge in [0.05, 0.1) is 5.52 Å². The predicted molar refractivity (Wildman–Crippen MR) is 108 cm³/mol. The number of hydrogen-bond acceptors (Lipinski definition) is 5. The van der Waals surface area contributed by atoms with Gasteiger partial charge >= 0.3 is 5.76 Å². The highest BCUT2D eigenvalue weighted by atomic mass is 35.5. The van der Waals surface area contributed by atoms with E-state index in [1.54, 1.807) is 22.8 Å². The van der Waals surface area contributed by atoms with Crippen molar-refractivity contribution in [2.45, 2.75) is 31.8 Å². The van der Waals surface area contributed by atoms with Gasteiger partial charge in [0, 0.05) is 31.2 Å². The summed E-state index contributed by atoms with van der Waals surface area (Å²) >= 11 is 0. The van der Waals surface area contributed by atoms with Crippen LogP contribution in [0.15, 0.2) is 27.4 Å². The highest BCUT2D eigenvalue weighted by Gasteiger charge is 2.18. The molecule has 9 heteroatoms. The fraction of sp³-hybridized carbons (Fsp3) is 0.529. The van der Waals surface area contributed by atoms with Crippen LogP contribution in [0.5, 0.6) is 0 Å². The highest BCUT2D eigenvalue weighted by molar-refractivity contribution is 5.93. The smallest absolute Gasteiger partial charge is 0.408 e. The molecule has 146 valence electrons. The lowest BCUT2D eigenvalue weighted by atomic mass is 10.1. The Morgan fingerprint density at radius 2 is 2.15 bits per heavy atom. The van der Waals surface area contributed by atoms with E-state index < -0.39 is 0 Å². The molecule has 3 rings (SSSR count). The van der Waals surface area contributed by atoms with Crippen LogP contribution in [0, 0.1) is 0 Å². The van der Waals surface area contributed by atoms with Crippen molar-refractivity contribution in [2.24, 2.45) is 0 Å². The van der Waals surface area contributed by atoms with Crippen molar-refractivity contribution in [3.8, 4) is 0 Å². The number of benzene rings is 1. The second-order valence-electron chi connectivity index (χ2n) is 6.55. The van der Waals surface area contributed by atoms with Crippen LogP contribution in [0.3, 0.4) is 0 Å². The Labute approximate surface area is 164 Å². The molecular weight excluding hydrogens is 379 g/mol. The molecule has 0 spiro atoms. The molecule has 0 aliphatic carbocycles. The summed E-state index contributed by atoms with van der Waals surface area (Å²) in [6.07, 6.45) is 2.63. The van der Waals surface area contributed by atoms with Gasteiger partial charge in [0.1, 0.15) is 0 Å². The van der Waals surface area contributed by atoms with E-state index in [1.807, 2.05) is 19.0 Å². The molecule has 1 atom stereocenters. The fourth-order valence-electron chi connectivity index (χ4n) is 3.02. The Hall–Kier alpha value is -1.54. The average molecular weight is 405 g/mol. The normalized spacial score (nSPS) is 16.3. The lowest BCUT2D eigenvalue weighted by Crippen LogP contribution is -2.27. The number of aromatic nitrogens is 1. The molecule has 1 amide bonds. The Balaban J connectivity index is 0.00000169. The third kappa shape index (κ3) is 5.48. The van der Waals surface area contributed by atoms with Crippen molar-refractivity contribution in [3.05, 3.63) is 28.7 Å². The third-order valence-corrected chi connectivity index (χ3v) is 4.32. The van der Waals surface area contributed by atoms with Crippen molar-refractivity contribution in [2.75, 3.05) is 32.5 Å². The molecule has 1 aliphatic heterocycles. The van der Waals surface area contributed by atoms with E-state index in [9.17, 15) is 9.59 Å². The second kappa shape index (κ2) is 9.97. The van der Waals surface area contributed by atoms with E-state index in [-0.39, 0.29) is 42.5 Å². The van der Waals surface area contributed by atoms with Crippen LogP contribution in [0.2, 0.25) is 0 Å². The summed E-state index contributed by atoms with van der Waals surface area (Å²) in [4.78, 5) is 26.2. The number of likely N-dealkylation sites (N-methyl/N-ethyl adjacent to an activating group) is 1. The molecule has 1 unspecified atom stereocenters. The van der Waals surface area contributed by atoms with Gasteiger partial charge in [-0.1, -0.05) is 0 Å². The number of hydrogen-bond donors (Lipinski definition) is 2. The lowest BCUT2D eigenvalue weighted by molar-refractivity contribution is -0.116. The van der Waals surface area contributed by atoms with Gasteiger partial charge in [-0.25, -0.2) is 4.79 Å². The van der Waals surface area contributed by atoms with Gasteiger partial charge in [-0.15, -0.1) is 24.8 Å². The minimum atomic E-state index is -0.370. The zero-order valence-electron chi connectivity index (χ0n) is 15.0. The summed E-state index contributed by atoms with van der Waals surface area (Å²) in [5.41, 5.74) is 1.93. The van der Waals surface area contributed by atoms with E-state index in [0.29, 0.717) is 29.8 Å². The number of amides is 1. The number of oxazole rings is 1. The first-order valence-corrected chi connectivity index (χ1v) is 8.34. The number of rotatable bonds is 6. The molecule has 0 saturated carbocycles. The second-order valence-corrected chi connectivity index (χ2v) is 6.55. The minimum absolute atomic E-state index is 0. The zero-order chi connectivity index (χ0) is 17.1. The van der Waals surface area contributed by atoms with E-state index in [2.05, 4.69) is 10.6 Å². The number of nitrogens with zero attached hydrogens (tertiary/aromatic N) is 2. The summed E-state index contributed by atoms with van der Waals surface area (Å²) < 4.78 is 6.87. The van der Waals surface area contributed by atoms with E-state index in [1.165, 1.54) is 0 Å². The maximum Gasteiger partial charge on any atom is 0.419 e. The van der Waals surface area contributed by atoms with E-state index in [4.69, 9.17) is 4.42 Å². The lowest BCUT2D eigenvalue weighted by Gasteiger charge is -2.11. The van der Waals surface area contributed by atoms with Crippen molar-refractivity contribution in [3.63, 3.8) is 0 Å². The van der Waals surface area contributed by atoms with Crippen LogP contribution in [0.4, 0.5) is 5.69 Å². The standard InChI is InChI=1S/C17H24N4O3.2ClH/c1-20(2)8-9-21-14-10-13(5-6-15(14)24-17(21)23)19-16(22)11-12-4-3-7-18-12;;/h5-6,10,12,18H,3-4,7-9,11H2,1-2H3,(H,19,22);2*1H. The minimum Gasteiger partial charge on any atom is -0.408 e. The largest absolute Gasteiger partial charge is 0.419 e. The molecule has 1 aromatic heterocycles. The summed E-state index contributed by atoms with van der Waals surface area (Å²) in [7, 11) is 3.91. The van der Waals surface area contributed by atoms with Gasteiger partial charge in [0.15, 0.2) is 5.58 Å². The Kier molecular flexibility index (Phi) is 8.62. The quantitative estimate of drug-likeness (QED) is 0.770. The first kappa shape index (κ1) is 22.5. The van der Waals surface area contributed by atoms with Crippen LogP contribution in [-0.4, -0.2) is 48.6 Å². The molecule has 0 radical (unpaired) electrons. The SMILES string of the molecule is CN(C)CCn1c(=O)oc2ccc(NC(=O)CC3CCCN3)cc21.Cl.Cl. The van der Waals surface area contributed by atoms with E-state index in [0.717, 1.165) is 25.9 Å². The molecule has 26 heavy (non-hydrogen) atoms. The topological polar surface area (TPSA) is 79.5 Å². The Morgan fingerprint density at radius 1 is 1.38 bits per heavy atom. The average Bonchev–Trinajstić information content (AvgIpc) is 3.12. The van der Waals surface area contributed by atoms with Gasteiger partial charge in [0.25, 0.3) is 0 Å². The van der Waals surface area contributed by atoms with Crippen LogP contribution in [0.1, 0.15) is 19.3 Å². The molecule has 1 saturated heterocycles. The molecule has 1 fully saturated rings. The molecule has 7 nitrogen and oxygen atoms in total. The van der Waals surface area contributed by atoms with Gasteiger partial charge in [-0.2, -0.15) is 0 Å². The molecule has 1 aliphatic rings. The summed E-state index contributed by atoms with van der Waals surface area (Å²) in [5.74, 6) is -0.384. The summed E-state index contributed by atoms with van der Waals surface area (Å²) in [6, 6.07) is 5.56. The third-order valence-electron chi connectivity index (χ3n) is 4.32. The first-order valence-electron chi connectivity index (χ1n) is 8.34. The molecule has 1 aromatic carbocycles. The number of carbonyl (C=O) groups excluding carboxylic acids is 1. The van der Waals surface area contributed by atoms with E-state index >= 15 is 0 Å². The van der Waals surface area contributed by atoms with Crippen molar-refractivity contribution in [1.82, 2.24) is 14.8 Å². The number of carbonyl (C=O) groups is 1. The van der Waals surface area contributed by atoms with Crippen molar-refractivity contribution < 1.29 is 9.21 Å². The van der Waals surface area contributed by atoms with Gasteiger partial charge in [-0.3, -0.25) is 9.36 Å².